The van der Waals surface area contributed by atoms with Gasteiger partial charge in [-0.05, 0) is 44.9 Å². The quantitative estimate of drug-likeness (QED) is 0.763. The highest BCUT2D eigenvalue weighted by Gasteiger charge is 2.14. The van der Waals surface area contributed by atoms with Crippen LogP contribution in [0.1, 0.15) is 38.6 Å². The third-order valence-electron chi connectivity index (χ3n) is 3.20. The van der Waals surface area contributed by atoms with Gasteiger partial charge in [0.1, 0.15) is 11.5 Å². The zero-order valence-electron chi connectivity index (χ0n) is 11.3. The van der Waals surface area contributed by atoms with Gasteiger partial charge in [0, 0.05) is 6.42 Å². The van der Waals surface area contributed by atoms with Crippen LogP contribution < -0.4 is 0 Å². The summed E-state index contributed by atoms with van der Waals surface area (Å²) in [5.74, 6) is 1.62. The molecule has 1 aromatic carbocycles. The van der Waals surface area contributed by atoms with Crippen molar-refractivity contribution in [1.29, 1.82) is 0 Å². The Kier molecular flexibility index (Phi) is 3.37. The van der Waals surface area contributed by atoms with Crippen LogP contribution in [0.2, 0.25) is 0 Å². The van der Waals surface area contributed by atoms with E-state index >= 15 is 0 Å². The molecule has 2 heteroatoms. The number of Topliss-reactive ketones (excluding diaryl/α,β-unsaturated/α-hetero) is 1. The van der Waals surface area contributed by atoms with Gasteiger partial charge >= 0.3 is 0 Å². The Labute approximate surface area is 108 Å². The van der Waals surface area contributed by atoms with Crippen LogP contribution in [0.3, 0.4) is 0 Å². The second-order valence-electron chi connectivity index (χ2n) is 4.86. The third kappa shape index (κ3) is 2.53. The van der Waals surface area contributed by atoms with E-state index in [1.165, 1.54) is 5.56 Å². The van der Waals surface area contributed by atoms with Crippen LogP contribution in [0, 0.1) is 27.7 Å². The Morgan fingerprint density at radius 2 is 1.83 bits per heavy atom. The monoisotopic (exact) mass is 242 g/mol. The minimum absolute atomic E-state index is 0.123. The molecule has 0 aliphatic heterocycles. The Balaban J connectivity index is 2.26. The number of furan rings is 1. The van der Waals surface area contributed by atoms with Crippen molar-refractivity contribution in [3.63, 3.8) is 0 Å². The lowest BCUT2D eigenvalue weighted by Crippen LogP contribution is -2.05. The number of hydrogen-bond donors (Lipinski definition) is 0. The highest BCUT2D eigenvalue weighted by Crippen LogP contribution is 2.18. The first-order chi connectivity index (χ1) is 8.47. The summed E-state index contributed by atoms with van der Waals surface area (Å²) >= 11 is 0. The van der Waals surface area contributed by atoms with E-state index < -0.39 is 0 Å². The number of rotatable bonds is 3. The van der Waals surface area contributed by atoms with Gasteiger partial charge in [-0.15, -0.1) is 0 Å². The molecule has 18 heavy (non-hydrogen) atoms. The normalized spacial score (nSPS) is 10.7. The van der Waals surface area contributed by atoms with Crippen molar-refractivity contribution < 1.29 is 9.21 Å². The Morgan fingerprint density at radius 1 is 1.11 bits per heavy atom. The summed E-state index contributed by atoms with van der Waals surface area (Å²) in [5, 5.41) is 0. The second kappa shape index (κ2) is 4.81. The van der Waals surface area contributed by atoms with Crippen LogP contribution in [0.4, 0.5) is 0 Å². The molecule has 0 fully saturated rings. The SMILES string of the molecule is Cc1ccc(C)c(CC(=O)c2cc(C)oc2C)c1. The third-order valence-corrected chi connectivity index (χ3v) is 3.20. The van der Waals surface area contributed by atoms with Crippen LogP contribution in [0.5, 0.6) is 0 Å². The maximum atomic E-state index is 12.3. The van der Waals surface area contributed by atoms with E-state index in [0.29, 0.717) is 17.7 Å². The summed E-state index contributed by atoms with van der Waals surface area (Å²) in [7, 11) is 0. The van der Waals surface area contributed by atoms with Crippen LogP contribution in [-0.4, -0.2) is 5.78 Å². The minimum atomic E-state index is 0.123. The molecule has 0 aliphatic rings. The predicted molar refractivity (Wildman–Crippen MR) is 72.1 cm³/mol. The minimum Gasteiger partial charge on any atom is -0.466 e. The molecule has 0 bridgehead atoms. The lowest BCUT2D eigenvalue weighted by atomic mass is 9.98. The van der Waals surface area contributed by atoms with Crippen molar-refractivity contribution in [3.05, 3.63) is 58.0 Å². The average Bonchev–Trinajstić information content (AvgIpc) is 2.63. The zero-order valence-corrected chi connectivity index (χ0v) is 11.3. The van der Waals surface area contributed by atoms with E-state index in [-0.39, 0.29) is 5.78 Å². The molecule has 2 rings (SSSR count). The van der Waals surface area contributed by atoms with Crippen molar-refractivity contribution in [2.45, 2.75) is 34.1 Å². The maximum Gasteiger partial charge on any atom is 0.170 e. The van der Waals surface area contributed by atoms with Gasteiger partial charge in [0.2, 0.25) is 0 Å². The van der Waals surface area contributed by atoms with E-state index in [2.05, 4.69) is 18.2 Å². The number of benzene rings is 1. The molecule has 94 valence electrons. The lowest BCUT2D eigenvalue weighted by Gasteiger charge is -2.06. The van der Waals surface area contributed by atoms with Gasteiger partial charge in [0.25, 0.3) is 0 Å². The first-order valence-electron chi connectivity index (χ1n) is 6.13. The molecule has 0 radical (unpaired) electrons. The molecule has 0 spiro atoms. The number of aryl methyl sites for hydroxylation is 4. The smallest absolute Gasteiger partial charge is 0.170 e. The fourth-order valence-corrected chi connectivity index (χ4v) is 2.17. The molecule has 1 aromatic heterocycles. The summed E-state index contributed by atoms with van der Waals surface area (Å²) in [6.07, 6.45) is 0.438. The number of hydrogen-bond acceptors (Lipinski definition) is 2. The van der Waals surface area contributed by atoms with E-state index in [1.807, 2.05) is 33.8 Å². The van der Waals surface area contributed by atoms with Gasteiger partial charge in [-0.1, -0.05) is 23.8 Å². The van der Waals surface area contributed by atoms with Crippen molar-refractivity contribution in [3.8, 4) is 0 Å². The molecule has 0 aliphatic carbocycles. The molecular weight excluding hydrogens is 224 g/mol. The van der Waals surface area contributed by atoms with Crippen molar-refractivity contribution in [2.24, 2.45) is 0 Å². The molecule has 0 saturated carbocycles. The summed E-state index contributed by atoms with van der Waals surface area (Å²) in [6, 6.07) is 8.03. The predicted octanol–water partition coefficient (Wildman–Crippen LogP) is 3.94. The van der Waals surface area contributed by atoms with Gasteiger partial charge in [-0.25, -0.2) is 0 Å². The molecule has 2 nitrogen and oxygen atoms in total. The molecule has 1 heterocycles. The first kappa shape index (κ1) is 12.6. The fraction of sp³-hybridized carbons (Fsp3) is 0.312. The van der Waals surface area contributed by atoms with E-state index in [9.17, 15) is 4.79 Å². The standard InChI is InChI=1S/C16H18O2/c1-10-5-6-11(2)14(7-10)9-16(17)15-8-12(3)18-13(15)4/h5-8H,9H2,1-4H3. The summed E-state index contributed by atoms with van der Waals surface area (Å²) < 4.78 is 5.41. The Bertz CT molecular complexity index is 591. The molecule has 0 unspecified atom stereocenters. The van der Waals surface area contributed by atoms with Gasteiger partial charge in [-0.3, -0.25) is 4.79 Å². The molecule has 0 N–H and O–H groups in total. The van der Waals surface area contributed by atoms with Crippen LogP contribution in [0.25, 0.3) is 0 Å². The topological polar surface area (TPSA) is 30.2 Å². The fourth-order valence-electron chi connectivity index (χ4n) is 2.17. The second-order valence-corrected chi connectivity index (χ2v) is 4.86. The van der Waals surface area contributed by atoms with E-state index in [1.54, 1.807) is 0 Å². The van der Waals surface area contributed by atoms with Crippen LogP contribution >= 0.6 is 0 Å². The number of carbonyl (C=O) groups excluding carboxylic acids is 1. The van der Waals surface area contributed by atoms with E-state index in [0.717, 1.165) is 16.9 Å². The Hall–Kier alpha value is -1.83. The van der Waals surface area contributed by atoms with E-state index in [4.69, 9.17) is 4.42 Å². The number of carbonyl (C=O) groups is 1. The summed E-state index contributed by atoms with van der Waals surface area (Å²) in [4.78, 5) is 12.3. The Morgan fingerprint density at radius 3 is 2.44 bits per heavy atom. The summed E-state index contributed by atoms with van der Waals surface area (Å²) in [6.45, 7) is 7.78. The van der Waals surface area contributed by atoms with Gasteiger partial charge in [-0.2, -0.15) is 0 Å². The van der Waals surface area contributed by atoms with Crippen molar-refractivity contribution >= 4 is 5.78 Å². The molecule has 0 saturated heterocycles. The highest BCUT2D eigenvalue weighted by molar-refractivity contribution is 5.98. The van der Waals surface area contributed by atoms with Crippen LogP contribution in [-0.2, 0) is 6.42 Å². The van der Waals surface area contributed by atoms with Crippen LogP contribution in [0.15, 0.2) is 28.7 Å². The maximum absolute atomic E-state index is 12.3. The number of ketones is 1. The van der Waals surface area contributed by atoms with Gasteiger partial charge < -0.3 is 4.42 Å². The van der Waals surface area contributed by atoms with Gasteiger partial charge in [0.05, 0.1) is 5.56 Å². The molecule has 2 aromatic rings. The van der Waals surface area contributed by atoms with Crippen molar-refractivity contribution in [1.82, 2.24) is 0 Å². The largest absolute Gasteiger partial charge is 0.466 e. The highest BCUT2D eigenvalue weighted by atomic mass is 16.3. The van der Waals surface area contributed by atoms with Gasteiger partial charge in [0.15, 0.2) is 5.78 Å². The molecule has 0 atom stereocenters. The molecule has 0 amide bonds. The molecular formula is C16H18O2. The zero-order chi connectivity index (χ0) is 13.3. The average molecular weight is 242 g/mol. The lowest BCUT2D eigenvalue weighted by molar-refractivity contribution is 0.0991. The summed E-state index contributed by atoms with van der Waals surface area (Å²) in [5.41, 5.74) is 4.14. The first-order valence-corrected chi connectivity index (χ1v) is 6.13. The van der Waals surface area contributed by atoms with Crippen molar-refractivity contribution in [2.75, 3.05) is 0 Å².